The van der Waals surface area contributed by atoms with Gasteiger partial charge < -0.3 is 4.90 Å². The Morgan fingerprint density at radius 3 is 2.60 bits per heavy atom. The van der Waals surface area contributed by atoms with Crippen LogP contribution in [0.4, 0.5) is 8.78 Å². The van der Waals surface area contributed by atoms with Crippen molar-refractivity contribution in [1.82, 2.24) is 29.5 Å². The first-order valence-corrected chi connectivity index (χ1v) is 10.8. The summed E-state index contributed by atoms with van der Waals surface area (Å²) in [4.78, 5) is 27.9. The van der Waals surface area contributed by atoms with Gasteiger partial charge in [0.1, 0.15) is 12.0 Å². The first-order valence-electron chi connectivity index (χ1n) is 10.8. The number of amides is 1. The maximum atomic E-state index is 13.6. The molecular formula is C23H26F2N6OS3. The number of hydrogen-bond donors (Lipinski definition) is 0. The van der Waals surface area contributed by atoms with E-state index in [9.17, 15) is 13.6 Å². The Hall–Kier alpha value is -2.44. The average Bonchev–Trinajstić information content (AvgIpc) is 3.40. The molecule has 7 nitrogen and oxygen atoms in total. The molecule has 0 radical (unpaired) electrons. The second kappa shape index (κ2) is 10.7. The third-order valence-corrected chi connectivity index (χ3v) is 6.81. The first kappa shape index (κ1) is 27.2. The van der Waals surface area contributed by atoms with Gasteiger partial charge in [0.25, 0.3) is 18.1 Å². The molecule has 0 unspecified atom stereocenters. The zero-order valence-corrected chi connectivity index (χ0v) is 21.6. The highest BCUT2D eigenvalue weighted by molar-refractivity contribution is 7.59. The highest BCUT2D eigenvalue weighted by atomic mass is 32.1. The van der Waals surface area contributed by atoms with E-state index in [1.807, 2.05) is 35.2 Å². The minimum absolute atomic E-state index is 0. The van der Waals surface area contributed by atoms with Crippen LogP contribution >= 0.6 is 40.5 Å². The molecule has 186 valence electrons. The number of carbonyl (C=O) groups excluding carboxylic acids is 1. The van der Waals surface area contributed by atoms with Crippen LogP contribution in [0.2, 0.25) is 0 Å². The van der Waals surface area contributed by atoms with Gasteiger partial charge in [0.15, 0.2) is 0 Å². The second-order valence-corrected chi connectivity index (χ2v) is 8.48. The lowest BCUT2D eigenvalue weighted by atomic mass is 9.86. The molecule has 1 aromatic carbocycles. The van der Waals surface area contributed by atoms with E-state index in [4.69, 9.17) is 0 Å². The summed E-state index contributed by atoms with van der Waals surface area (Å²) in [6.07, 6.45) is 3.74. The molecule has 2 fully saturated rings. The second-order valence-electron chi connectivity index (χ2n) is 8.48. The number of alkyl halides is 2. The topological polar surface area (TPSA) is 76.3 Å². The normalized spacial score (nSPS) is 20.9. The molecule has 0 saturated carbocycles. The van der Waals surface area contributed by atoms with Crippen molar-refractivity contribution in [3.8, 4) is 0 Å². The summed E-state index contributed by atoms with van der Waals surface area (Å²) in [5.41, 5.74) is 1.81. The quantitative estimate of drug-likeness (QED) is 0.385. The Balaban J connectivity index is 0.00000114. The molecule has 35 heavy (non-hydrogen) atoms. The van der Waals surface area contributed by atoms with Gasteiger partial charge in [-0.1, -0.05) is 6.07 Å². The summed E-state index contributed by atoms with van der Waals surface area (Å²) in [5, 5.41) is 5.14. The van der Waals surface area contributed by atoms with Gasteiger partial charge in [-0.05, 0) is 56.0 Å². The summed E-state index contributed by atoms with van der Waals surface area (Å²) in [6.45, 7) is 0. The van der Waals surface area contributed by atoms with Gasteiger partial charge in [0.2, 0.25) is 0 Å². The molecule has 2 aliphatic rings. The van der Waals surface area contributed by atoms with E-state index in [1.165, 1.54) is 12.4 Å². The molecule has 2 aliphatic heterocycles. The van der Waals surface area contributed by atoms with Crippen LogP contribution in [0.3, 0.4) is 0 Å². The number of halogens is 2. The van der Waals surface area contributed by atoms with Gasteiger partial charge >= 0.3 is 0 Å². The van der Waals surface area contributed by atoms with Crippen LogP contribution in [0.5, 0.6) is 0 Å². The molecule has 1 amide bonds. The minimum atomic E-state index is -2.70. The fourth-order valence-corrected chi connectivity index (χ4v) is 5.40. The molecule has 4 aromatic rings. The van der Waals surface area contributed by atoms with Crippen LogP contribution in [0.15, 0.2) is 48.9 Å². The third kappa shape index (κ3) is 4.58. The number of pyridine rings is 1. The fourth-order valence-electron chi connectivity index (χ4n) is 5.40. The highest BCUT2D eigenvalue weighted by Gasteiger charge is 2.46. The lowest BCUT2D eigenvalue weighted by molar-refractivity contribution is 0.0554. The lowest BCUT2D eigenvalue weighted by Crippen LogP contribution is -2.47. The SMILES string of the molecule is O=C(c1ccc2ncccc2c1)N1[C@H]2CC[C@H](c3cc(C(F)F)nc4ncnn34)[C@@H]1CC2.S.S.S. The molecule has 0 aliphatic carbocycles. The molecule has 12 heteroatoms. The molecule has 6 rings (SSSR count). The van der Waals surface area contributed by atoms with Crippen LogP contribution in [-0.2, 0) is 0 Å². The molecule has 3 aromatic heterocycles. The van der Waals surface area contributed by atoms with E-state index in [2.05, 4.69) is 20.1 Å². The summed E-state index contributed by atoms with van der Waals surface area (Å²) in [5.74, 6) is 0.0354. The van der Waals surface area contributed by atoms with E-state index in [0.717, 1.165) is 36.6 Å². The van der Waals surface area contributed by atoms with E-state index >= 15 is 0 Å². The summed E-state index contributed by atoms with van der Waals surface area (Å²) >= 11 is 0. The fraction of sp³-hybridized carbons (Fsp3) is 0.348. The lowest BCUT2D eigenvalue weighted by Gasteiger charge is -2.40. The van der Waals surface area contributed by atoms with E-state index < -0.39 is 6.43 Å². The van der Waals surface area contributed by atoms with Gasteiger partial charge in [-0.3, -0.25) is 9.78 Å². The van der Waals surface area contributed by atoms with Crippen LogP contribution in [0, 0.1) is 0 Å². The molecular weight excluding hydrogens is 510 g/mol. The Bertz CT molecular complexity index is 1350. The molecule has 3 atom stereocenters. The standard InChI is InChI=1S/C23H20F2N6O.3H2S/c24-21(25)18-11-20(31-23(29-18)27-12-28-31)16-6-4-15-5-8-19(16)30(15)22(32)14-3-7-17-13(10-14)2-1-9-26-17;;;/h1-3,7,9-12,15-16,19,21H,4-6,8H2;3*1H2/t15-,16-,19-;;;/m0.../s1. The monoisotopic (exact) mass is 536 g/mol. The Morgan fingerprint density at radius 2 is 1.80 bits per heavy atom. The Kier molecular flexibility index (Phi) is 8.28. The average molecular weight is 537 g/mol. The third-order valence-electron chi connectivity index (χ3n) is 6.81. The summed E-state index contributed by atoms with van der Waals surface area (Å²) in [7, 11) is 0. The van der Waals surface area contributed by atoms with E-state index in [0.29, 0.717) is 11.3 Å². The largest absolute Gasteiger partial charge is 0.332 e. The number of fused-ring (bicyclic) bond motifs is 4. The van der Waals surface area contributed by atoms with Crippen LogP contribution in [0.25, 0.3) is 16.7 Å². The molecule has 0 spiro atoms. The van der Waals surface area contributed by atoms with Crippen molar-refractivity contribution in [1.29, 1.82) is 0 Å². The van der Waals surface area contributed by atoms with Gasteiger partial charge in [0.05, 0.1) is 11.2 Å². The first-order chi connectivity index (χ1) is 15.6. The van der Waals surface area contributed by atoms with Crippen molar-refractivity contribution < 1.29 is 13.6 Å². The molecule has 2 bridgehead atoms. The van der Waals surface area contributed by atoms with Crippen molar-refractivity contribution >= 4 is 63.1 Å². The van der Waals surface area contributed by atoms with Crippen molar-refractivity contribution in [2.75, 3.05) is 0 Å². The van der Waals surface area contributed by atoms with E-state index in [1.54, 1.807) is 10.7 Å². The van der Waals surface area contributed by atoms with Gasteiger partial charge in [-0.15, -0.1) is 0 Å². The van der Waals surface area contributed by atoms with Gasteiger partial charge in [-0.25, -0.2) is 18.3 Å². The van der Waals surface area contributed by atoms with Crippen LogP contribution < -0.4 is 0 Å². The summed E-state index contributed by atoms with van der Waals surface area (Å²) < 4.78 is 28.5. The molecule has 2 saturated heterocycles. The van der Waals surface area contributed by atoms with Crippen LogP contribution in [-0.4, -0.2) is 47.5 Å². The number of aromatic nitrogens is 5. The van der Waals surface area contributed by atoms with E-state index in [-0.39, 0.29) is 75.9 Å². The minimum Gasteiger partial charge on any atom is -0.332 e. The number of piperidine rings is 1. The zero-order valence-electron chi connectivity index (χ0n) is 18.6. The Morgan fingerprint density at radius 1 is 1.00 bits per heavy atom. The maximum absolute atomic E-state index is 13.6. The number of nitrogens with zero attached hydrogens (tertiary/aromatic N) is 6. The van der Waals surface area contributed by atoms with Crippen molar-refractivity contribution in [3.63, 3.8) is 0 Å². The Labute approximate surface area is 221 Å². The molecule has 0 N–H and O–H groups in total. The predicted octanol–water partition coefficient (Wildman–Crippen LogP) is 4.50. The van der Waals surface area contributed by atoms with Crippen molar-refractivity contribution in [3.05, 3.63) is 65.9 Å². The van der Waals surface area contributed by atoms with Crippen molar-refractivity contribution in [2.24, 2.45) is 0 Å². The van der Waals surface area contributed by atoms with Crippen LogP contribution in [0.1, 0.15) is 59.8 Å². The predicted molar refractivity (Wildman–Crippen MR) is 144 cm³/mol. The van der Waals surface area contributed by atoms with Crippen molar-refractivity contribution in [2.45, 2.75) is 50.1 Å². The zero-order chi connectivity index (χ0) is 21.8. The van der Waals surface area contributed by atoms with Gasteiger partial charge in [-0.2, -0.15) is 50.6 Å². The summed E-state index contributed by atoms with van der Waals surface area (Å²) in [6, 6.07) is 10.9. The number of hydrogen-bond acceptors (Lipinski definition) is 5. The number of benzene rings is 1. The smallest absolute Gasteiger partial charge is 0.280 e. The number of rotatable bonds is 3. The van der Waals surface area contributed by atoms with Gasteiger partial charge in [0, 0.05) is 35.1 Å². The highest BCUT2D eigenvalue weighted by Crippen LogP contribution is 2.45. The molecule has 5 heterocycles. The maximum Gasteiger partial charge on any atom is 0.280 e. The number of carbonyl (C=O) groups is 1.